The van der Waals surface area contributed by atoms with Gasteiger partial charge in [0.05, 0.1) is 0 Å². The van der Waals surface area contributed by atoms with Crippen molar-refractivity contribution in [2.24, 2.45) is 3.96 Å². The van der Waals surface area contributed by atoms with E-state index in [1.54, 1.807) is 24.3 Å². The molecule has 4 aromatic rings. The van der Waals surface area contributed by atoms with Gasteiger partial charge in [-0.1, -0.05) is 0 Å². The van der Waals surface area contributed by atoms with Crippen LogP contribution in [0.1, 0.15) is 16.7 Å². The van der Waals surface area contributed by atoms with Crippen molar-refractivity contribution in [1.29, 1.82) is 0 Å². The van der Waals surface area contributed by atoms with E-state index < -0.39 is 23.5 Å². The van der Waals surface area contributed by atoms with E-state index in [1.165, 1.54) is 24.3 Å². The van der Waals surface area contributed by atoms with Crippen LogP contribution in [0.3, 0.4) is 0 Å². The summed E-state index contributed by atoms with van der Waals surface area (Å²) in [5.41, 5.74) is -1.03. The number of alkyl halides is 6. The summed E-state index contributed by atoms with van der Waals surface area (Å²) in [7, 11) is 0. The summed E-state index contributed by atoms with van der Waals surface area (Å²) < 4.78 is 83.4. The third-order valence-electron chi connectivity index (χ3n) is 5.03. The van der Waals surface area contributed by atoms with Crippen LogP contribution >= 0.6 is 0 Å². The van der Waals surface area contributed by atoms with Gasteiger partial charge in [0.2, 0.25) is 0 Å². The summed E-state index contributed by atoms with van der Waals surface area (Å²) in [5.74, 6) is 0.102. The summed E-state index contributed by atoms with van der Waals surface area (Å²) in [6.07, 6.45) is -9.13. The minimum absolute atomic E-state index is 0.0178. The average Bonchev–Trinajstić information content (AvgIpc) is 2.81. The van der Waals surface area contributed by atoms with Crippen molar-refractivity contribution in [2.75, 3.05) is 5.32 Å². The van der Waals surface area contributed by atoms with Gasteiger partial charge in [-0.05, 0) is 0 Å². The standard InChI is InChI=1S/C23H14F6N4.Mn/c24-22(25,26)14-10-9-13(18(30)11-14)12-31-20-16-6-2-4-8-19(16)32-21(33-20)15-5-1-3-7-17(15)23(27,28)29;/h1-11H,12H2,(H,31,32,33);. The number of nitrogens with one attached hydrogen (secondary N) is 1. The molecule has 1 heterocycles. The van der Waals surface area contributed by atoms with E-state index in [2.05, 4.69) is 35.1 Å². The molecule has 4 rings (SSSR count). The van der Waals surface area contributed by atoms with E-state index >= 15 is 0 Å². The normalized spacial score (nSPS) is 12.1. The molecule has 0 spiro atoms. The van der Waals surface area contributed by atoms with Crippen LogP contribution in [-0.2, 0) is 34.7 Å². The second-order valence-corrected chi connectivity index (χ2v) is 7.50. The maximum atomic E-state index is 13.6. The van der Waals surface area contributed by atoms with Crippen LogP contribution in [0, 0.1) is 0 Å². The molecular formula is C23H14F6MnN4. The second kappa shape index (κ2) is 9.15. The van der Waals surface area contributed by atoms with Gasteiger partial charge < -0.3 is 0 Å². The van der Waals surface area contributed by atoms with E-state index in [9.17, 15) is 26.3 Å². The molecule has 0 saturated heterocycles. The van der Waals surface area contributed by atoms with Crippen molar-refractivity contribution in [3.8, 4) is 11.4 Å². The molecule has 0 amide bonds. The quantitative estimate of drug-likeness (QED) is 0.224. The van der Waals surface area contributed by atoms with E-state index in [0.717, 1.165) is 18.2 Å². The zero-order chi connectivity index (χ0) is 24.5. The van der Waals surface area contributed by atoms with Gasteiger partial charge in [-0.3, -0.25) is 0 Å². The third-order valence-corrected chi connectivity index (χ3v) is 5.31. The van der Waals surface area contributed by atoms with Crippen LogP contribution in [0.4, 0.5) is 37.8 Å². The number of halogens is 6. The number of aromatic nitrogens is 2. The Morgan fingerprint density at radius 1 is 0.824 bits per heavy atom. The van der Waals surface area contributed by atoms with Crippen LogP contribution in [0.5, 0.6) is 0 Å². The van der Waals surface area contributed by atoms with Gasteiger partial charge >= 0.3 is 198 Å². The van der Waals surface area contributed by atoms with E-state index in [4.69, 9.17) is 0 Å². The van der Waals surface area contributed by atoms with Crippen LogP contribution < -0.4 is 5.32 Å². The van der Waals surface area contributed by atoms with Crippen LogP contribution in [0.25, 0.3) is 22.3 Å². The van der Waals surface area contributed by atoms with E-state index in [-0.39, 0.29) is 29.4 Å². The van der Waals surface area contributed by atoms with Crippen molar-refractivity contribution in [3.63, 3.8) is 0 Å². The van der Waals surface area contributed by atoms with Gasteiger partial charge in [0.25, 0.3) is 0 Å². The molecule has 0 aliphatic carbocycles. The van der Waals surface area contributed by atoms with Crippen molar-refractivity contribution < 1.29 is 42.2 Å². The van der Waals surface area contributed by atoms with Gasteiger partial charge in [0.1, 0.15) is 0 Å². The molecule has 0 aliphatic rings. The van der Waals surface area contributed by atoms with Gasteiger partial charge in [0, 0.05) is 0 Å². The Balaban J connectivity index is 1.76. The predicted octanol–water partition coefficient (Wildman–Crippen LogP) is 7.31. The number of anilines is 1. The molecule has 4 nitrogen and oxygen atoms in total. The number of hydrogen-bond acceptors (Lipinski definition) is 4. The first-order valence-electron chi connectivity index (χ1n) is 9.77. The summed E-state index contributed by atoms with van der Waals surface area (Å²) in [4.78, 5) is 8.63. The molecular weight excluding hydrogens is 501 g/mol. The maximum absolute atomic E-state index is 13.6. The molecule has 11 heteroatoms. The monoisotopic (exact) mass is 515 g/mol. The molecule has 1 aromatic heterocycles. The number of fused-ring (bicyclic) bond motifs is 1. The predicted molar refractivity (Wildman–Crippen MR) is 111 cm³/mol. The Kier molecular flexibility index (Phi) is 6.42. The molecule has 0 radical (unpaired) electrons. The van der Waals surface area contributed by atoms with Crippen LogP contribution in [-0.4, -0.2) is 9.97 Å². The SMILES string of the molecule is FC(F)(F)c1ccc(CNc2nc(-c3ccccc3C(F)(F)F)nc3ccccc23)c([N]=[Mn])c1. The van der Waals surface area contributed by atoms with Gasteiger partial charge in [-0.25, -0.2) is 0 Å². The topological polar surface area (TPSA) is 50.2 Å². The zero-order valence-electron chi connectivity index (χ0n) is 17.0. The Morgan fingerprint density at radius 3 is 2.24 bits per heavy atom. The Labute approximate surface area is 197 Å². The van der Waals surface area contributed by atoms with Gasteiger partial charge in [-0.15, -0.1) is 0 Å². The zero-order valence-corrected chi connectivity index (χ0v) is 18.2. The Morgan fingerprint density at radius 2 is 1.53 bits per heavy atom. The van der Waals surface area contributed by atoms with Gasteiger partial charge in [0.15, 0.2) is 0 Å². The first-order chi connectivity index (χ1) is 16.1. The number of para-hydroxylation sites is 1. The Hall–Kier alpha value is -3.30. The summed E-state index contributed by atoms with van der Waals surface area (Å²) >= 11 is 2.84. The molecule has 175 valence electrons. The fraction of sp³-hybridized carbons (Fsp3) is 0.130. The minimum atomic E-state index is -4.61. The summed E-state index contributed by atoms with van der Waals surface area (Å²) in [6, 6.07) is 14.8. The molecule has 0 atom stereocenters. The first kappa shape index (κ1) is 23.8. The molecule has 0 fully saturated rings. The molecule has 1 N–H and O–H groups in total. The van der Waals surface area contributed by atoms with Crippen LogP contribution in [0.2, 0.25) is 0 Å². The fourth-order valence-corrected chi connectivity index (χ4v) is 3.65. The van der Waals surface area contributed by atoms with Gasteiger partial charge in [-0.2, -0.15) is 0 Å². The number of benzene rings is 3. The second-order valence-electron chi connectivity index (χ2n) is 7.24. The number of hydrogen-bond donors (Lipinski definition) is 1. The van der Waals surface area contributed by atoms with Crippen LogP contribution in [0.15, 0.2) is 70.7 Å². The number of nitrogens with zero attached hydrogens (tertiary/aromatic N) is 3. The van der Waals surface area contributed by atoms with E-state index in [1.807, 2.05) is 0 Å². The van der Waals surface area contributed by atoms with Crippen molar-refractivity contribution in [2.45, 2.75) is 18.9 Å². The third kappa shape index (κ3) is 4.95. The van der Waals surface area contributed by atoms with Crippen molar-refractivity contribution in [3.05, 3.63) is 83.4 Å². The number of rotatable bonds is 5. The van der Waals surface area contributed by atoms with Crippen molar-refractivity contribution in [1.82, 2.24) is 9.97 Å². The Bertz CT molecular complexity index is 1370. The molecule has 0 aliphatic heterocycles. The molecule has 34 heavy (non-hydrogen) atoms. The first-order valence-corrected chi connectivity index (χ1v) is 10.3. The average molecular weight is 515 g/mol. The molecule has 0 saturated carbocycles. The van der Waals surface area contributed by atoms with E-state index in [0.29, 0.717) is 16.5 Å². The summed E-state index contributed by atoms with van der Waals surface area (Å²) in [5, 5.41) is 3.55. The molecule has 0 bridgehead atoms. The van der Waals surface area contributed by atoms with Crippen molar-refractivity contribution >= 4 is 22.4 Å². The molecule has 3 aromatic carbocycles. The summed E-state index contributed by atoms with van der Waals surface area (Å²) in [6.45, 7) is 0.0178. The fourth-order valence-electron chi connectivity index (χ4n) is 3.40. The molecule has 0 unspecified atom stereocenters.